The van der Waals surface area contributed by atoms with Gasteiger partial charge < -0.3 is 9.47 Å². The average molecular weight is 391 g/mol. The largest absolute Gasteiger partial charge is 0.376 e. The van der Waals surface area contributed by atoms with Crippen LogP contribution in [0.3, 0.4) is 0 Å². The summed E-state index contributed by atoms with van der Waals surface area (Å²) in [7, 11) is 0. The van der Waals surface area contributed by atoms with Crippen molar-refractivity contribution in [2.45, 2.75) is 33.5 Å². The Morgan fingerprint density at radius 3 is 1.83 bits per heavy atom. The van der Waals surface area contributed by atoms with Crippen molar-refractivity contribution in [1.29, 1.82) is 0 Å². The van der Waals surface area contributed by atoms with Crippen LogP contribution in [0.4, 0.5) is 0 Å². The van der Waals surface area contributed by atoms with Crippen LogP contribution in [-0.2, 0) is 22.7 Å². The van der Waals surface area contributed by atoms with Gasteiger partial charge in [0.15, 0.2) is 0 Å². The number of hydrogen-bond acceptors (Lipinski definition) is 2. The van der Waals surface area contributed by atoms with E-state index in [1.54, 1.807) is 0 Å². The van der Waals surface area contributed by atoms with Gasteiger partial charge in [0.05, 0.1) is 26.4 Å². The van der Waals surface area contributed by atoms with Gasteiger partial charge in [0.2, 0.25) is 0 Å². The Labute approximate surface area is 175 Å². The zero-order valence-electron chi connectivity index (χ0n) is 17.8. The molecule has 6 atom stereocenters. The van der Waals surface area contributed by atoms with Gasteiger partial charge in [-0.05, 0) is 58.6 Å². The van der Waals surface area contributed by atoms with Gasteiger partial charge in [-0.2, -0.15) is 0 Å². The van der Waals surface area contributed by atoms with E-state index in [1.807, 2.05) is 6.08 Å². The molecule has 0 N–H and O–H groups in total. The van der Waals surface area contributed by atoms with E-state index in [-0.39, 0.29) is 0 Å². The minimum atomic E-state index is 0.620. The maximum Gasteiger partial charge on any atom is 0.0717 e. The number of fused-ring (bicyclic) bond motifs is 2. The van der Waals surface area contributed by atoms with E-state index in [0.29, 0.717) is 25.0 Å². The summed E-state index contributed by atoms with van der Waals surface area (Å²) in [5.74, 6) is 4.40. The van der Waals surface area contributed by atoms with Gasteiger partial charge in [-0.15, -0.1) is 0 Å². The smallest absolute Gasteiger partial charge is 0.0717 e. The lowest BCUT2D eigenvalue weighted by atomic mass is 9.70. The molecule has 0 saturated heterocycles. The molecule has 154 valence electrons. The summed E-state index contributed by atoms with van der Waals surface area (Å²) in [5.41, 5.74) is 3.64. The first-order chi connectivity index (χ1) is 14.2. The van der Waals surface area contributed by atoms with Crippen LogP contribution in [0, 0.1) is 35.5 Å². The first-order valence-electron chi connectivity index (χ1n) is 11.1. The molecule has 4 rings (SSSR count). The van der Waals surface area contributed by atoms with Crippen LogP contribution in [0.2, 0.25) is 0 Å². The summed E-state index contributed by atoms with van der Waals surface area (Å²) in [6.07, 6.45) is 3.23. The zero-order valence-corrected chi connectivity index (χ0v) is 17.8. The standard InChI is InChI=1S/C27H34O2/c1-4-21-10-12-23(13-11-21)16-29-18-27-25-14-24(19(2)20(25)3)26(27)17-28-15-22-8-6-5-7-9-22/h4-13,19-20,24-27H,1,14-18H2,2-3H3/t19?,20?,24?,25?,26-,27+/m1/s1. The molecular formula is C27H34O2. The first kappa shape index (κ1) is 20.4. The summed E-state index contributed by atoms with van der Waals surface area (Å²) < 4.78 is 12.4. The second kappa shape index (κ2) is 9.28. The van der Waals surface area contributed by atoms with Crippen molar-refractivity contribution in [3.8, 4) is 0 Å². The third-order valence-corrected chi connectivity index (χ3v) is 7.59. The molecule has 0 amide bonds. The van der Waals surface area contributed by atoms with Crippen molar-refractivity contribution in [1.82, 2.24) is 0 Å². The molecule has 0 radical (unpaired) electrons. The molecule has 0 heterocycles. The molecule has 29 heavy (non-hydrogen) atoms. The van der Waals surface area contributed by atoms with Crippen LogP contribution in [0.25, 0.3) is 6.08 Å². The van der Waals surface area contributed by atoms with E-state index in [9.17, 15) is 0 Å². The summed E-state index contributed by atoms with van der Waals surface area (Å²) in [4.78, 5) is 0. The van der Waals surface area contributed by atoms with Crippen LogP contribution in [0.5, 0.6) is 0 Å². The summed E-state index contributed by atoms with van der Waals surface area (Å²) >= 11 is 0. The number of benzene rings is 2. The fraction of sp³-hybridized carbons (Fsp3) is 0.481. The Hall–Kier alpha value is -1.90. The fourth-order valence-electron chi connectivity index (χ4n) is 5.73. The minimum Gasteiger partial charge on any atom is -0.376 e. The number of hydrogen-bond donors (Lipinski definition) is 0. The highest BCUT2D eigenvalue weighted by Crippen LogP contribution is 2.58. The zero-order chi connectivity index (χ0) is 20.2. The second-order valence-electron chi connectivity index (χ2n) is 9.07. The monoisotopic (exact) mass is 390 g/mol. The maximum absolute atomic E-state index is 6.23. The van der Waals surface area contributed by atoms with Crippen molar-refractivity contribution in [3.63, 3.8) is 0 Å². The third-order valence-electron chi connectivity index (χ3n) is 7.59. The van der Waals surface area contributed by atoms with Gasteiger partial charge >= 0.3 is 0 Å². The van der Waals surface area contributed by atoms with Crippen LogP contribution < -0.4 is 0 Å². The molecule has 4 unspecified atom stereocenters. The van der Waals surface area contributed by atoms with E-state index < -0.39 is 0 Å². The molecule has 0 aliphatic heterocycles. The Kier molecular flexibility index (Phi) is 6.52. The molecule has 2 aromatic rings. The molecule has 0 aromatic heterocycles. The molecule has 2 aliphatic carbocycles. The Morgan fingerprint density at radius 1 is 0.793 bits per heavy atom. The van der Waals surface area contributed by atoms with Crippen molar-refractivity contribution in [3.05, 3.63) is 77.9 Å². The molecule has 2 aliphatic rings. The van der Waals surface area contributed by atoms with Crippen LogP contribution in [-0.4, -0.2) is 13.2 Å². The normalized spacial score (nSPS) is 30.6. The summed E-state index contributed by atoms with van der Waals surface area (Å²) in [6, 6.07) is 19.0. The van der Waals surface area contributed by atoms with Crippen LogP contribution >= 0.6 is 0 Å². The molecule has 0 spiro atoms. The van der Waals surface area contributed by atoms with Gasteiger partial charge in [0.25, 0.3) is 0 Å². The lowest BCUT2D eigenvalue weighted by Gasteiger charge is -2.38. The number of rotatable bonds is 9. The van der Waals surface area contributed by atoms with E-state index in [4.69, 9.17) is 9.47 Å². The second-order valence-corrected chi connectivity index (χ2v) is 9.07. The van der Waals surface area contributed by atoms with Crippen molar-refractivity contribution < 1.29 is 9.47 Å². The summed E-state index contributed by atoms with van der Waals surface area (Å²) in [6.45, 7) is 11.8. The molecule has 2 nitrogen and oxygen atoms in total. The lowest BCUT2D eigenvalue weighted by Crippen LogP contribution is -2.37. The van der Waals surface area contributed by atoms with Gasteiger partial charge in [0, 0.05) is 0 Å². The van der Waals surface area contributed by atoms with E-state index in [0.717, 1.165) is 42.4 Å². The average Bonchev–Trinajstić information content (AvgIpc) is 3.25. The molecule has 2 bridgehead atoms. The van der Waals surface area contributed by atoms with Gasteiger partial charge in [-0.25, -0.2) is 0 Å². The molecule has 2 saturated carbocycles. The molecule has 2 heteroatoms. The van der Waals surface area contributed by atoms with Gasteiger partial charge in [0.1, 0.15) is 0 Å². The minimum absolute atomic E-state index is 0.620. The fourth-order valence-corrected chi connectivity index (χ4v) is 5.73. The topological polar surface area (TPSA) is 18.5 Å². The van der Waals surface area contributed by atoms with Gasteiger partial charge in [-0.1, -0.05) is 81.1 Å². The maximum atomic E-state index is 6.23. The van der Waals surface area contributed by atoms with Crippen LogP contribution in [0.15, 0.2) is 61.2 Å². The SMILES string of the molecule is C=Cc1ccc(COC[C@H]2C3CC(C(C)C3C)[C@H]2COCc2ccccc2)cc1. The predicted octanol–water partition coefficient (Wildman–Crippen LogP) is 6.22. The first-order valence-corrected chi connectivity index (χ1v) is 11.1. The molecule has 2 fully saturated rings. The third kappa shape index (κ3) is 4.49. The predicted molar refractivity (Wildman–Crippen MR) is 119 cm³/mol. The van der Waals surface area contributed by atoms with Crippen molar-refractivity contribution in [2.75, 3.05) is 13.2 Å². The van der Waals surface area contributed by atoms with Crippen molar-refractivity contribution in [2.24, 2.45) is 35.5 Å². The Balaban J connectivity index is 1.33. The summed E-state index contributed by atoms with van der Waals surface area (Å²) in [5, 5.41) is 0. The van der Waals surface area contributed by atoms with Crippen molar-refractivity contribution >= 4 is 6.08 Å². The highest BCUT2D eigenvalue weighted by molar-refractivity contribution is 5.47. The molecular weight excluding hydrogens is 356 g/mol. The Bertz CT molecular complexity index is 782. The highest BCUT2D eigenvalue weighted by Gasteiger charge is 2.54. The van der Waals surface area contributed by atoms with E-state index in [2.05, 4.69) is 75.0 Å². The van der Waals surface area contributed by atoms with Gasteiger partial charge in [-0.3, -0.25) is 0 Å². The Morgan fingerprint density at radius 2 is 1.31 bits per heavy atom. The molecule has 2 aromatic carbocycles. The quantitative estimate of drug-likeness (QED) is 0.506. The van der Waals surface area contributed by atoms with Crippen LogP contribution in [0.1, 0.15) is 37.0 Å². The van der Waals surface area contributed by atoms with E-state index >= 15 is 0 Å². The van der Waals surface area contributed by atoms with E-state index in [1.165, 1.54) is 17.5 Å². The highest BCUT2D eigenvalue weighted by atomic mass is 16.5. The lowest BCUT2D eigenvalue weighted by molar-refractivity contribution is -0.0245. The number of ether oxygens (including phenoxy) is 2.